The molecule has 0 spiro atoms. The molecule has 0 atom stereocenters. The summed E-state index contributed by atoms with van der Waals surface area (Å²) < 4.78 is 5.11. The predicted molar refractivity (Wildman–Crippen MR) is 55.8 cm³/mol. The maximum atomic E-state index is 10.4. The SMILES string of the molecule is O=C(O)Sc1ccc(-c2cnco2)cc1. The Balaban J connectivity index is 2.21. The van der Waals surface area contributed by atoms with Crippen LogP contribution in [0.1, 0.15) is 0 Å². The highest BCUT2D eigenvalue weighted by atomic mass is 32.2. The fourth-order valence-corrected chi connectivity index (χ4v) is 1.62. The molecule has 0 amide bonds. The molecule has 0 bridgehead atoms. The van der Waals surface area contributed by atoms with Crippen LogP contribution in [0.15, 0.2) is 46.2 Å². The van der Waals surface area contributed by atoms with Crippen molar-refractivity contribution in [3.05, 3.63) is 36.9 Å². The van der Waals surface area contributed by atoms with Crippen LogP contribution in [-0.2, 0) is 0 Å². The van der Waals surface area contributed by atoms with Gasteiger partial charge >= 0.3 is 5.30 Å². The van der Waals surface area contributed by atoms with E-state index in [1.165, 1.54) is 6.39 Å². The summed E-state index contributed by atoms with van der Waals surface area (Å²) in [7, 11) is 0. The standard InChI is InChI=1S/C10H7NO3S/c12-10(13)15-8-3-1-7(2-4-8)9-5-11-6-14-9/h1-6H,(H,12,13). The van der Waals surface area contributed by atoms with Crippen LogP contribution >= 0.6 is 11.8 Å². The van der Waals surface area contributed by atoms with Crippen molar-refractivity contribution in [1.82, 2.24) is 4.98 Å². The zero-order valence-corrected chi connectivity index (χ0v) is 8.40. The topological polar surface area (TPSA) is 63.3 Å². The number of nitrogens with zero attached hydrogens (tertiary/aromatic N) is 1. The summed E-state index contributed by atoms with van der Waals surface area (Å²) in [5.41, 5.74) is 0.877. The van der Waals surface area contributed by atoms with E-state index < -0.39 is 5.30 Å². The fourth-order valence-electron chi connectivity index (χ4n) is 1.15. The molecule has 76 valence electrons. The van der Waals surface area contributed by atoms with Crippen molar-refractivity contribution in [2.75, 3.05) is 0 Å². The number of thioether (sulfide) groups is 1. The van der Waals surface area contributed by atoms with Crippen molar-refractivity contribution in [1.29, 1.82) is 0 Å². The Bertz CT molecular complexity index is 450. The van der Waals surface area contributed by atoms with Gasteiger partial charge in [0.15, 0.2) is 12.2 Å². The highest BCUT2D eigenvalue weighted by Crippen LogP contribution is 2.23. The molecule has 0 saturated carbocycles. The summed E-state index contributed by atoms with van der Waals surface area (Å²) in [6.45, 7) is 0. The predicted octanol–water partition coefficient (Wildman–Crippen LogP) is 3.11. The Hall–Kier alpha value is -1.75. The number of carbonyl (C=O) groups is 1. The third-order valence-corrected chi connectivity index (χ3v) is 2.46. The molecule has 1 N–H and O–H groups in total. The molecule has 0 aliphatic heterocycles. The monoisotopic (exact) mass is 221 g/mol. The molecular weight excluding hydrogens is 214 g/mol. The number of rotatable bonds is 2. The van der Waals surface area contributed by atoms with Crippen LogP contribution in [-0.4, -0.2) is 15.4 Å². The van der Waals surface area contributed by atoms with E-state index in [4.69, 9.17) is 9.52 Å². The molecule has 0 aliphatic carbocycles. The van der Waals surface area contributed by atoms with Gasteiger partial charge in [-0.2, -0.15) is 0 Å². The molecule has 0 saturated heterocycles. The number of hydrogen-bond donors (Lipinski definition) is 1. The number of hydrogen-bond acceptors (Lipinski definition) is 4. The van der Waals surface area contributed by atoms with Crippen molar-refractivity contribution in [3.63, 3.8) is 0 Å². The first-order chi connectivity index (χ1) is 7.25. The van der Waals surface area contributed by atoms with Gasteiger partial charge in [0.1, 0.15) is 0 Å². The Labute approximate surface area is 89.9 Å². The van der Waals surface area contributed by atoms with Crippen LogP contribution in [0.3, 0.4) is 0 Å². The first-order valence-corrected chi connectivity index (χ1v) is 4.97. The van der Waals surface area contributed by atoms with Crippen molar-refractivity contribution in [2.24, 2.45) is 0 Å². The lowest BCUT2D eigenvalue weighted by Gasteiger charge is -1.98. The van der Waals surface area contributed by atoms with Gasteiger partial charge in [0.2, 0.25) is 0 Å². The van der Waals surface area contributed by atoms with Crippen LogP contribution in [0.4, 0.5) is 4.79 Å². The minimum Gasteiger partial charge on any atom is -0.473 e. The fraction of sp³-hybridized carbons (Fsp3) is 0. The highest BCUT2D eigenvalue weighted by Gasteiger charge is 2.03. The van der Waals surface area contributed by atoms with E-state index >= 15 is 0 Å². The Morgan fingerprint density at radius 2 is 2.07 bits per heavy atom. The summed E-state index contributed by atoms with van der Waals surface area (Å²) in [5.74, 6) is 0.668. The summed E-state index contributed by atoms with van der Waals surface area (Å²) in [6.07, 6.45) is 2.97. The number of benzene rings is 1. The molecule has 5 heteroatoms. The summed E-state index contributed by atoms with van der Waals surface area (Å²) >= 11 is 0.775. The van der Waals surface area contributed by atoms with Gasteiger partial charge in [-0.15, -0.1) is 0 Å². The highest BCUT2D eigenvalue weighted by molar-refractivity contribution is 8.13. The normalized spacial score (nSPS) is 10.1. The largest absolute Gasteiger partial charge is 0.473 e. The molecule has 0 fully saturated rings. The van der Waals surface area contributed by atoms with Gasteiger partial charge in [0.05, 0.1) is 6.20 Å². The molecule has 15 heavy (non-hydrogen) atoms. The third kappa shape index (κ3) is 2.38. The van der Waals surface area contributed by atoms with Crippen LogP contribution in [0.25, 0.3) is 11.3 Å². The van der Waals surface area contributed by atoms with E-state index in [0.717, 1.165) is 17.3 Å². The number of oxazole rings is 1. The zero-order valence-electron chi connectivity index (χ0n) is 7.58. The molecular formula is C10H7NO3S. The van der Waals surface area contributed by atoms with Gasteiger partial charge in [0, 0.05) is 10.5 Å². The van der Waals surface area contributed by atoms with Gasteiger partial charge in [-0.25, -0.2) is 9.78 Å². The van der Waals surface area contributed by atoms with E-state index in [1.807, 2.05) is 0 Å². The minimum atomic E-state index is -0.914. The lowest BCUT2D eigenvalue weighted by atomic mass is 10.2. The van der Waals surface area contributed by atoms with E-state index in [2.05, 4.69) is 4.98 Å². The molecule has 1 aromatic carbocycles. The minimum absolute atomic E-state index is 0.668. The average Bonchev–Trinajstić information content (AvgIpc) is 2.71. The lowest BCUT2D eigenvalue weighted by Crippen LogP contribution is -1.82. The summed E-state index contributed by atoms with van der Waals surface area (Å²) in [5, 5.41) is 7.64. The van der Waals surface area contributed by atoms with Gasteiger partial charge in [-0.1, -0.05) is 12.1 Å². The molecule has 0 unspecified atom stereocenters. The van der Waals surface area contributed by atoms with Crippen LogP contribution in [0.5, 0.6) is 0 Å². The smallest absolute Gasteiger partial charge is 0.369 e. The molecule has 2 aromatic rings. The van der Waals surface area contributed by atoms with E-state index in [9.17, 15) is 4.79 Å². The first-order valence-electron chi connectivity index (χ1n) is 4.15. The second-order valence-corrected chi connectivity index (χ2v) is 3.78. The van der Waals surface area contributed by atoms with Gasteiger partial charge in [-0.3, -0.25) is 0 Å². The molecule has 0 radical (unpaired) electrons. The Kier molecular flexibility index (Phi) is 2.73. The maximum absolute atomic E-state index is 10.4. The van der Waals surface area contributed by atoms with Gasteiger partial charge in [0.25, 0.3) is 0 Å². The quantitative estimate of drug-likeness (QED) is 0.789. The Morgan fingerprint density at radius 3 is 2.60 bits per heavy atom. The van der Waals surface area contributed by atoms with Crippen LogP contribution in [0, 0.1) is 0 Å². The van der Waals surface area contributed by atoms with Crippen molar-refractivity contribution in [2.45, 2.75) is 4.90 Å². The Morgan fingerprint density at radius 1 is 1.33 bits per heavy atom. The maximum Gasteiger partial charge on any atom is 0.369 e. The van der Waals surface area contributed by atoms with Crippen molar-refractivity contribution < 1.29 is 14.3 Å². The van der Waals surface area contributed by atoms with Gasteiger partial charge < -0.3 is 9.52 Å². The van der Waals surface area contributed by atoms with E-state index in [1.54, 1.807) is 30.5 Å². The third-order valence-electron chi connectivity index (χ3n) is 1.78. The van der Waals surface area contributed by atoms with Gasteiger partial charge in [-0.05, 0) is 23.9 Å². The average molecular weight is 221 g/mol. The second kappa shape index (κ2) is 4.18. The van der Waals surface area contributed by atoms with Crippen LogP contribution in [0.2, 0.25) is 0 Å². The van der Waals surface area contributed by atoms with Crippen LogP contribution < -0.4 is 0 Å². The lowest BCUT2D eigenvalue weighted by molar-refractivity contribution is 0.222. The molecule has 0 aliphatic rings. The summed E-state index contributed by atoms with van der Waals surface area (Å²) in [4.78, 5) is 14.9. The summed E-state index contributed by atoms with van der Waals surface area (Å²) in [6, 6.07) is 7.06. The first kappa shape index (κ1) is 9.79. The number of aromatic nitrogens is 1. The van der Waals surface area contributed by atoms with E-state index in [0.29, 0.717) is 10.7 Å². The van der Waals surface area contributed by atoms with Crippen molar-refractivity contribution in [3.8, 4) is 11.3 Å². The molecule has 2 rings (SSSR count). The zero-order chi connectivity index (χ0) is 10.7. The second-order valence-electron chi connectivity index (χ2n) is 2.76. The molecule has 4 nitrogen and oxygen atoms in total. The van der Waals surface area contributed by atoms with Crippen molar-refractivity contribution >= 4 is 17.1 Å². The molecule has 1 aromatic heterocycles. The van der Waals surface area contributed by atoms with E-state index in [-0.39, 0.29) is 0 Å². The molecule has 1 heterocycles. The number of carboxylic acid groups (broad SMARTS) is 1.